The van der Waals surface area contributed by atoms with E-state index in [9.17, 15) is 18.4 Å². The molecule has 0 fully saturated rings. The summed E-state index contributed by atoms with van der Waals surface area (Å²) < 4.78 is 32.4. The smallest absolute Gasteiger partial charge is 0.353 e. The van der Waals surface area contributed by atoms with Gasteiger partial charge >= 0.3 is 5.97 Å². The molecular weight excluding hydrogens is 446 g/mol. The number of carbonyl (C=O) groups excluding carboxylic acids is 2. The van der Waals surface area contributed by atoms with Gasteiger partial charge in [-0.15, -0.1) is 0 Å². The van der Waals surface area contributed by atoms with Gasteiger partial charge in [0.05, 0.1) is 30.9 Å². The van der Waals surface area contributed by atoms with Gasteiger partial charge < -0.3 is 14.9 Å². The van der Waals surface area contributed by atoms with Gasteiger partial charge in [0, 0.05) is 17.5 Å². The maximum absolute atomic E-state index is 13.8. The van der Waals surface area contributed by atoms with Crippen molar-refractivity contribution in [1.29, 1.82) is 0 Å². The van der Waals surface area contributed by atoms with E-state index in [4.69, 9.17) is 9.57 Å². The molecule has 10 heteroatoms. The number of nitrogens with zero attached hydrogens (tertiary/aromatic N) is 3. The first-order valence-corrected chi connectivity index (χ1v) is 10.2. The van der Waals surface area contributed by atoms with Crippen molar-refractivity contribution in [3.8, 4) is 11.3 Å². The second-order valence-corrected chi connectivity index (χ2v) is 7.90. The van der Waals surface area contributed by atoms with Crippen molar-refractivity contribution in [3.05, 3.63) is 77.1 Å². The molecule has 1 amide bonds. The molecule has 1 aliphatic heterocycles. The van der Waals surface area contributed by atoms with E-state index in [1.54, 1.807) is 6.92 Å². The van der Waals surface area contributed by atoms with Gasteiger partial charge in [-0.1, -0.05) is 23.4 Å². The number of halogens is 2. The Morgan fingerprint density at radius 2 is 1.85 bits per heavy atom. The highest BCUT2D eigenvalue weighted by Crippen LogP contribution is 2.30. The van der Waals surface area contributed by atoms with Crippen molar-refractivity contribution in [2.45, 2.75) is 25.9 Å². The minimum Gasteiger partial charge on any atom is -0.466 e. The first-order chi connectivity index (χ1) is 16.2. The molecule has 1 unspecified atom stereocenters. The summed E-state index contributed by atoms with van der Waals surface area (Å²) in [4.78, 5) is 38.1. The third-order valence-electron chi connectivity index (χ3n) is 5.41. The molecule has 1 aromatic heterocycles. The van der Waals surface area contributed by atoms with Gasteiger partial charge in [0.15, 0.2) is 5.82 Å². The summed E-state index contributed by atoms with van der Waals surface area (Å²) in [7, 11) is 1.29. The molecule has 4 rings (SSSR count). The zero-order chi connectivity index (χ0) is 24.5. The fourth-order valence-electron chi connectivity index (χ4n) is 3.52. The molecule has 1 N–H and O–H groups in total. The van der Waals surface area contributed by atoms with E-state index in [1.807, 2.05) is 25.1 Å². The van der Waals surface area contributed by atoms with Gasteiger partial charge in [-0.3, -0.25) is 9.78 Å². The van der Waals surface area contributed by atoms with E-state index in [1.165, 1.54) is 25.6 Å². The molecule has 1 atom stereocenters. The molecule has 0 radical (unpaired) electrons. The lowest BCUT2D eigenvalue weighted by molar-refractivity contribution is -0.164. The highest BCUT2D eigenvalue weighted by atomic mass is 19.1. The summed E-state index contributed by atoms with van der Waals surface area (Å²) in [5, 5.41) is 6.40. The molecule has 0 aliphatic carbocycles. The summed E-state index contributed by atoms with van der Waals surface area (Å²) in [5.41, 5.74) is 1.59. The van der Waals surface area contributed by atoms with Crippen LogP contribution in [0, 0.1) is 18.6 Å². The summed E-state index contributed by atoms with van der Waals surface area (Å²) in [5.74, 6) is -3.40. The van der Waals surface area contributed by atoms with Crippen LogP contribution in [-0.4, -0.2) is 40.3 Å². The van der Waals surface area contributed by atoms with Crippen LogP contribution in [0.4, 0.5) is 14.6 Å². The van der Waals surface area contributed by atoms with Crippen LogP contribution >= 0.6 is 0 Å². The lowest BCUT2D eigenvalue weighted by Crippen LogP contribution is -2.36. The third kappa shape index (κ3) is 4.34. The molecule has 2 heterocycles. The first-order valence-electron chi connectivity index (χ1n) is 10.2. The Kier molecular flexibility index (Phi) is 6.06. The zero-order valence-corrected chi connectivity index (χ0v) is 18.6. The molecule has 0 spiro atoms. The maximum atomic E-state index is 13.8. The Bertz CT molecular complexity index is 1290. The van der Waals surface area contributed by atoms with Crippen LogP contribution in [0.5, 0.6) is 0 Å². The Hall–Kier alpha value is -4.21. The van der Waals surface area contributed by atoms with E-state index >= 15 is 0 Å². The van der Waals surface area contributed by atoms with Crippen molar-refractivity contribution >= 4 is 23.4 Å². The summed E-state index contributed by atoms with van der Waals surface area (Å²) in [6.45, 7) is 3.50. The number of aryl methyl sites for hydroxylation is 1. The number of hydrogen-bond acceptors (Lipinski definition) is 7. The standard InChI is InChI=1S/C24H20F2N4O4/c1-13-7-8-14(18-10-24(2,34-30-18)23(32)33-3)9-15(13)19-11-28-20(12-27-19)29-22(31)21-16(25)5-4-6-17(21)26/h4-9,11-12H,10H2,1-3H3,(H,28,29,31). The minimum absolute atomic E-state index is 0.0348. The second kappa shape index (κ2) is 8.97. The lowest BCUT2D eigenvalue weighted by Gasteiger charge is -2.17. The van der Waals surface area contributed by atoms with Gasteiger partial charge in [-0.05, 0) is 37.6 Å². The Labute approximate surface area is 193 Å². The predicted octanol–water partition coefficient (Wildman–Crippen LogP) is 4.04. The van der Waals surface area contributed by atoms with Crippen LogP contribution < -0.4 is 5.32 Å². The highest BCUT2D eigenvalue weighted by molar-refractivity contribution is 6.05. The largest absolute Gasteiger partial charge is 0.466 e. The van der Waals surface area contributed by atoms with Gasteiger partial charge in [-0.25, -0.2) is 18.6 Å². The fourth-order valence-corrected chi connectivity index (χ4v) is 3.52. The number of carbonyl (C=O) groups is 2. The SMILES string of the molecule is COC(=O)C1(C)CC(c2ccc(C)c(-c3cnc(NC(=O)c4c(F)cccc4F)cn3)c2)=NO1. The second-order valence-electron chi connectivity index (χ2n) is 7.90. The lowest BCUT2D eigenvalue weighted by atomic mass is 9.93. The Balaban J connectivity index is 1.54. The Morgan fingerprint density at radius 1 is 1.12 bits per heavy atom. The molecule has 0 bridgehead atoms. The van der Waals surface area contributed by atoms with Crippen LogP contribution in [0.25, 0.3) is 11.3 Å². The number of oxime groups is 1. The molecule has 34 heavy (non-hydrogen) atoms. The maximum Gasteiger partial charge on any atom is 0.353 e. The Morgan fingerprint density at radius 3 is 2.50 bits per heavy atom. The van der Waals surface area contributed by atoms with E-state index in [2.05, 4.69) is 20.4 Å². The molecule has 3 aromatic rings. The summed E-state index contributed by atoms with van der Waals surface area (Å²) >= 11 is 0. The predicted molar refractivity (Wildman–Crippen MR) is 119 cm³/mol. The van der Waals surface area contributed by atoms with Crippen LogP contribution in [0.3, 0.4) is 0 Å². The number of anilines is 1. The summed E-state index contributed by atoms with van der Waals surface area (Å²) in [6.07, 6.45) is 2.97. The number of benzene rings is 2. The van der Waals surface area contributed by atoms with Crippen LogP contribution in [0.2, 0.25) is 0 Å². The summed E-state index contributed by atoms with van der Waals surface area (Å²) in [6, 6.07) is 8.74. The zero-order valence-electron chi connectivity index (χ0n) is 18.6. The molecule has 174 valence electrons. The molecule has 1 aliphatic rings. The molecule has 0 saturated heterocycles. The monoisotopic (exact) mass is 466 g/mol. The quantitative estimate of drug-likeness (QED) is 0.570. The highest BCUT2D eigenvalue weighted by Gasteiger charge is 2.43. The van der Waals surface area contributed by atoms with Crippen molar-refractivity contribution < 1.29 is 27.9 Å². The first kappa shape index (κ1) is 23.0. The van der Waals surface area contributed by atoms with E-state index in [0.29, 0.717) is 11.4 Å². The topological polar surface area (TPSA) is 103 Å². The molecule has 0 saturated carbocycles. The van der Waals surface area contributed by atoms with Gasteiger partial charge in [0.25, 0.3) is 5.91 Å². The number of esters is 1. The molecule has 2 aromatic carbocycles. The van der Waals surface area contributed by atoms with Crippen LogP contribution in [0.15, 0.2) is 53.9 Å². The number of hydrogen-bond donors (Lipinski definition) is 1. The van der Waals surface area contributed by atoms with E-state index in [-0.39, 0.29) is 12.2 Å². The number of ether oxygens (including phenoxy) is 1. The molecule has 8 nitrogen and oxygen atoms in total. The third-order valence-corrected chi connectivity index (χ3v) is 5.41. The van der Waals surface area contributed by atoms with E-state index < -0.39 is 34.7 Å². The van der Waals surface area contributed by atoms with Crippen molar-refractivity contribution in [1.82, 2.24) is 9.97 Å². The number of nitrogens with one attached hydrogen (secondary N) is 1. The van der Waals surface area contributed by atoms with Crippen molar-refractivity contribution in [3.63, 3.8) is 0 Å². The number of methoxy groups -OCH3 is 1. The van der Waals surface area contributed by atoms with E-state index in [0.717, 1.165) is 28.8 Å². The normalized spacial score (nSPS) is 17.0. The number of aromatic nitrogens is 2. The van der Waals surface area contributed by atoms with Gasteiger partial charge in [-0.2, -0.15) is 0 Å². The van der Waals surface area contributed by atoms with Crippen LogP contribution in [-0.2, 0) is 14.4 Å². The number of amides is 1. The van der Waals surface area contributed by atoms with Crippen molar-refractivity contribution in [2.75, 3.05) is 12.4 Å². The van der Waals surface area contributed by atoms with Crippen LogP contribution in [0.1, 0.15) is 34.8 Å². The van der Waals surface area contributed by atoms with Crippen molar-refractivity contribution in [2.24, 2.45) is 5.16 Å². The number of rotatable bonds is 5. The minimum atomic E-state index is -1.19. The van der Waals surface area contributed by atoms with Gasteiger partial charge in [0.1, 0.15) is 17.2 Å². The van der Waals surface area contributed by atoms with Gasteiger partial charge in [0.2, 0.25) is 5.60 Å². The average Bonchev–Trinajstić information content (AvgIpc) is 3.22. The fraction of sp³-hybridized carbons (Fsp3) is 0.208. The average molecular weight is 466 g/mol. The molecular formula is C24H20F2N4O4.